The van der Waals surface area contributed by atoms with Crippen molar-refractivity contribution in [2.75, 3.05) is 0 Å². The Morgan fingerprint density at radius 1 is 1.14 bits per heavy atom. The summed E-state index contributed by atoms with van der Waals surface area (Å²) in [6.07, 6.45) is 5.50. The van der Waals surface area contributed by atoms with E-state index < -0.39 is 6.04 Å². The Morgan fingerprint density at radius 2 is 1.97 bits per heavy atom. The van der Waals surface area contributed by atoms with Gasteiger partial charge in [0.15, 0.2) is 0 Å². The first kappa shape index (κ1) is 23.1. The minimum atomic E-state index is -0.465. The second-order valence-electron chi connectivity index (χ2n) is 9.60. The molecular formula is C28H30N4O3. The van der Waals surface area contributed by atoms with E-state index in [1.165, 1.54) is 0 Å². The van der Waals surface area contributed by atoms with Crippen LogP contribution in [0.4, 0.5) is 0 Å². The van der Waals surface area contributed by atoms with Gasteiger partial charge < -0.3 is 20.3 Å². The van der Waals surface area contributed by atoms with Crippen LogP contribution in [0.3, 0.4) is 0 Å². The van der Waals surface area contributed by atoms with Gasteiger partial charge in [0.2, 0.25) is 5.91 Å². The number of rotatable bonds is 6. The van der Waals surface area contributed by atoms with Crippen molar-refractivity contribution < 1.29 is 14.3 Å². The molecule has 2 aliphatic heterocycles. The Hall–Kier alpha value is -3.63. The highest BCUT2D eigenvalue weighted by Crippen LogP contribution is 2.32. The molecule has 2 fully saturated rings. The van der Waals surface area contributed by atoms with Gasteiger partial charge in [0, 0.05) is 30.4 Å². The normalized spacial score (nSPS) is 24.0. The third-order valence-corrected chi connectivity index (χ3v) is 7.29. The first-order valence-corrected chi connectivity index (χ1v) is 12.3. The summed E-state index contributed by atoms with van der Waals surface area (Å²) in [7, 11) is 0. The predicted molar refractivity (Wildman–Crippen MR) is 131 cm³/mol. The van der Waals surface area contributed by atoms with E-state index in [4.69, 9.17) is 4.74 Å². The number of hydrogen-bond acceptors (Lipinski definition) is 5. The quantitative estimate of drug-likeness (QED) is 0.670. The van der Waals surface area contributed by atoms with Gasteiger partial charge in [-0.2, -0.15) is 5.26 Å². The molecule has 3 atom stereocenters. The van der Waals surface area contributed by atoms with Gasteiger partial charge in [0.1, 0.15) is 17.9 Å². The molecule has 1 saturated heterocycles. The summed E-state index contributed by atoms with van der Waals surface area (Å²) in [5.74, 6) is 0.483. The second kappa shape index (κ2) is 9.93. The fourth-order valence-electron chi connectivity index (χ4n) is 5.37. The van der Waals surface area contributed by atoms with Crippen LogP contribution < -0.4 is 15.4 Å². The van der Waals surface area contributed by atoms with E-state index >= 15 is 0 Å². The van der Waals surface area contributed by atoms with Crippen LogP contribution in [0.25, 0.3) is 0 Å². The van der Waals surface area contributed by atoms with Crippen molar-refractivity contribution in [1.29, 1.82) is 5.26 Å². The van der Waals surface area contributed by atoms with Gasteiger partial charge >= 0.3 is 0 Å². The van der Waals surface area contributed by atoms with Crippen molar-refractivity contribution in [2.45, 2.75) is 69.8 Å². The minimum Gasteiger partial charge on any atom is -0.489 e. The number of allylic oxidation sites excluding steroid dienone is 1. The van der Waals surface area contributed by atoms with Gasteiger partial charge in [-0.25, -0.2) is 0 Å². The zero-order chi connectivity index (χ0) is 24.4. The predicted octanol–water partition coefficient (Wildman–Crippen LogP) is 3.79. The van der Waals surface area contributed by atoms with Crippen molar-refractivity contribution in [1.82, 2.24) is 15.5 Å². The van der Waals surface area contributed by atoms with Crippen LogP contribution in [0.15, 0.2) is 54.7 Å². The molecule has 2 aromatic carbocycles. The van der Waals surface area contributed by atoms with Gasteiger partial charge in [0.25, 0.3) is 5.91 Å². The number of nitriles is 1. The first-order chi connectivity index (χ1) is 17.0. The summed E-state index contributed by atoms with van der Waals surface area (Å²) in [5, 5.41) is 15.8. The Balaban J connectivity index is 1.26. The molecule has 1 unspecified atom stereocenters. The average Bonchev–Trinajstić information content (AvgIpc) is 3.19. The van der Waals surface area contributed by atoms with Crippen molar-refractivity contribution in [3.05, 3.63) is 77.0 Å². The minimum absolute atomic E-state index is 0.0133. The lowest BCUT2D eigenvalue weighted by Crippen LogP contribution is -2.49. The maximum Gasteiger partial charge on any atom is 0.255 e. The zero-order valence-corrected chi connectivity index (χ0v) is 19.8. The van der Waals surface area contributed by atoms with Crippen LogP contribution in [0, 0.1) is 11.3 Å². The number of hydrogen-bond donors (Lipinski definition) is 2. The highest BCUT2D eigenvalue weighted by Gasteiger charge is 2.38. The van der Waals surface area contributed by atoms with Gasteiger partial charge in [-0.1, -0.05) is 31.2 Å². The van der Waals surface area contributed by atoms with Gasteiger partial charge in [0.05, 0.1) is 11.6 Å². The summed E-state index contributed by atoms with van der Waals surface area (Å²) in [6, 6.07) is 15.3. The lowest BCUT2D eigenvalue weighted by Gasteiger charge is -2.33. The molecule has 35 heavy (non-hydrogen) atoms. The maximum absolute atomic E-state index is 13.0. The van der Waals surface area contributed by atoms with Crippen molar-refractivity contribution in [3.63, 3.8) is 0 Å². The number of piperidine rings is 1. The van der Waals surface area contributed by atoms with E-state index in [-0.39, 0.29) is 24.0 Å². The number of carbonyl (C=O) groups excluding carboxylic acids is 2. The molecule has 7 heteroatoms. The molecule has 2 amide bonds. The second-order valence-corrected chi connectivity index (χ2v) is 9.60. The molecule has 1 saturated carbocycles. The van der Waals surface area contributed by atoms with Gasteiger partial charge in [-0.3, -0.25) is 9.59 Å². The SMILES string of the molecule is C=C1CCC(N2Cc3cc(O[C@@H]4CCCC[C@H]4NCc4ccccc4C#N)ccc3C2=O)C(=O)N1. The standard InChI is InChI=1S/C28H30N4O3/c1-18-10-13-25(27(33)31-18)32-17-21-14-22(11-12-23(21)28(32)34)35-26-9-5-4-8-24(26)30-16-20-7-3-2-6-19(20)15-29/h2-3,6-7,11-12,14,24-26,30H,1,4-5,8-10,13,16-17H2,(H,31,33)/t24-,25?,26-/m1/s1. The zero-order valence-electron chi connectivity index (χ0n) is 19.8. The maximum atomic E-state index is 13.0. The molecule has 3 aliphatic rings. The monoisotopic (exact) mass is 470 g/mol. The summed E-state index contributed by atoms with van der Waals surface area (Å²) in [6.45, 7) is 4.86. The molecule has 2 heterocycles. The Morgan fingerprint density at radius 3 is 2.80 bits per heavy atom. The van der Waals surface area contributed by atoms with E-state index in [1.807, 2.05) is 42.5 Å². The van der Waals surface area contributed by atoms with Crippen LogP contribution in [0.1, 0.15) is 65.6 Å². The molecule has 0 spiro atoms. The fraction of sp³-hybridized carbons (Fsp3) is 0.393. The molecule has 0 aromatic heterocycles. The fourth-order valence-corrected chi connectivity index (χ4v) is 5.37. The van der Waals surface area contributed by atoms with Crippen molar-refractivity contribution in [2.24, 2.45) is 0 Å². The van der Waals surface area contributed by atoms with Gasteiger partial charge in [-0.15, -0.1) is 0 Å². The molecular weight excluding hydrogens is 440 g/mol. The van der Waals surface area contributed by atoms with Gasteiger partial charge in [-0.05, 0) is 67.5 Å². The topological polar surface area (TPSA) is 94.5 Å². The Bertz CT molecular complexity index is 1200. The number of amides is 2. The third-order valence-electron chi connectivity index (χ3n) is 7.29. The van der Waals surface area contributed by atoms with Crippen LogP contribution in [0.2, 0.25) is 0 Å². The molecule has 1 aliphatic carbocycles. The molecule has 5 rings (SSSR count). The molecule has 0 bridgehead atoms. The molecule has 7 nitrogen and oxygen atoms in total. The average molecular weight is 471 g/mol. The number of benzene rings is 2. The highest BCUT2D eigenvalue weighted by molar-refractivity contribution is 6.01. The van der Waals surface area contributed by atoms with Crippen LogP contribution in [-0.4, -0.2) is 34.9 Å². The largest absolute Gasteiger partial charge is 0.489 e. The number of nitrogens with one attached hydrogen (secondary N) is 2. The summed E-state index contributed by atoms with van der Waals surface area (Å²) < 4.78 is 6.44. The number of ether oxygens (including phenoxy) is 1. The summed E-state index contributed by atoms with van der Waals surface area (Å²) in [5.41, 5.74) is 3.93. The number of fused-ring (bicyclic) bond motifs is 1. The van der Waals surface area contributed by atoms with Crippen LogP contribution in [0.5, 0.6) is 5.75 Å². The first-order valence-electron chi connectivity index (χ1n) is 12.3. The smallest absolute Gasteiger partial charge is 0.255 e. The lowest BCUT2D eigenvalue weighted by molar-refractivity contribution is -0.126. The summed E-state index contributed by atoms with van der Waals surface area (Å²) >= 11 is 0. The Labute approximate surface area is 205 Å². The summed E-state index contributed by atoms with van der Waals surface area (Å²) in [4.78, 5) is 27.1. The van der Waals surface area contributed by atoms with E-state index in [0.717, 1.165) is 42.6 Å². The number of nitrogens with zero attached hydrogens (tertiary/aromatic N) is 2. The lowest BCUT2D eigenvalue weighted by atomic mass is 9.92. The van der Waals surface area contributed by atoms with Crippen LogP contribution in [-0.2, 0) is 17.9 Å². The number of carbonyl (C=O) groups is 2. The van der Waals surface area contributed by atoms with E-state index in [2.05, 4.69) is 23.3 Å². The van der Waals surface area contributed by atoms with E-state index in [9.17, 15) is 14.9 Å². The third kappa shape index (κ3) is 4.80. The Kier molecular flexibility index (Phi) is 6.56. The highest BCUT2D eigenvalue weighted by atomic mass is 16.5. The van der Waals surface area contributed by atoms with Crippen molar-refractivity contribution in [3.8, 4) is 11.8 Å². The van der Waals surface area contributed by atoms with Crippen LogP contribution >= 0.6 is 0 Å². The molecule has 2 N–H and O–H groups in total. The molecule has 180 valence electrons. The molecule has 2 aromatic rings. The van der Waals surface area contributed by atoms with Crippen molar-refractivity contribution >= 4 is 11.8 Å². The van der Waals surface area contributed by atoms with E-state index in [0.29, 0.717) is 42.8 Å². The van der Waals surface area contributed by atoms with E-state index in [1.54, 1.807) is 4.90 Å². The molecule has 0 radical (unpaired) electrons.